The van der Waals surface area contributed by atoms with Gasteiger partial charge in [0.1, 0.15) is 0 Å². The van der Waals surface area contributed by atoms with Crippen molar-refractivity contribution in [2.75, 3.05) is 0 Å². The first-order valence-corrected chi connectivity index (χ1v) is 6.49. The van der Waals surface area contributed by atoms with Gasteiger partial charge < -0.3 is 9.41 Å². The van der Waals surface area contributed by atoms with Crippen LogP contribution in [0.1, 0.15) is 24.0 Å². The van der Waals surface area contributed by atoms with E-state index in [0.29, 0.717) is 0 Å². The Hall–Kier alpha value is -1.09. The van der Waals surface area contributed by atoms with Crippen LogP contribution in [0.15, 0.2) is 73.8 Å². The summed E-state index contributed by atoms with van der Waals surface area (Å²) >= 11 is 0. The largest absolute Gasteiger partial charge is 4.00 e. The van der Waals surface area contributed by atoms with Crippen LogP contribution >= 0.6 is 0 Å². The molecule has 0 aliphatic carbocycles. The molecular formula is C18H22F2Hf. The van der Waals surface area contributed by atoms with Crippen LogP contribution in [-0.2, 0) is 38.7 Å². The SMILES string of the molecule is C=CCC[c-]1cccc1.C=CCC[c-]1cccc1.[F-].[F-].[Hf+4]. The molecular weight excluding hydrogens is 433 g/mol. The Balaban J connectivity index is -0.000000270. The summed E-state index contributed by atoms with van der Waals surface area (Å²) in [7, 11) is 0. The van der Waals surface area contributed by atoms with Gasteiger partial charge in [-0.1, -0.05) is 25.0 Å². The zero-order valence-corrected chi connectivity index (χ0v) is 15.9. The minimum Gasteiger partial charge on any atom is -1.00 e. The molecule has 0 fully saturated rings. The van der Waals surface area contributed by atoms with Crippen LogP contribution in [0.25, 0.3) is 0 Å². The Bertz CT molecular complexity index is 374. The van der Waals surface area contributed by atoms with E-state index < -0.39 is 0 Å². The van der Waals surface area contributed by atoms with Gasteiger partial charge in [-0.05, 0) is 12.8 Å². The summed E-state index contributed by atoms with van der Waals surface area (Å²) in [5.41, 5.74) is 2.82. The monoisotopic (exact) mass is 456 g/mol. The maximum absolute atomic E-state index is 3.66. The molecule has 2 aromatic rings. The van der Waals surface area contributed by atoms with Crippen molar-refractivity contribution in [1.82, 2.24) is 0 Å². The second-order valence-electron chi connectivity index (χ2n) is 4.24. The van der Waals surface area contributed by atoms with Gasteiger partial charge in [-0.3, -0.25) is 0 Å². The van der Waals surface area contributed by atoms with E-state index in [4.69, 9.17) is 0 Å². The third-order valence-electron chi connectivity index (χ3n) is 2.74. The van der Waals surface area contributed by atoms with E-state index in [2.05, 4.69) is 61.7 Å². The van der Waals surface area contributed by atoms with E-state index in [1.165, 1.54) is 11.1 Å². The first-order chi connectivity index (χ1) is 8.86. The van der Waals surface area contributed by atoms with Crippen molar-refractivity contribution in [1.29, 1.82) is 0 Å². The summed E-state index contributed by atoms with van der Waals surface area (Å²) in [4.78, 5) is 0. The standard InChI is InChI=1S/2C9H11.2FH.Hf/c2*1-2-3-6-9-7-4-5-8-9;;;/h2*2,4-5,7-8H,1,3,6H2;2*1H;/q2*-1;;;+4/p-2. The Morgan fingerprint density at radius 1 is 0.667 bits per heavy atom. The fourth-order valence-corrected chi connectivity index (χ4v) is 1.70. The summed E-state index contributed by atoms with van der Waals surface area (Å²) in [6.45, 7) is 7.32. The molecule has 0 N–H and O–H groups in total. The van der Waals surface area contributed by atoms with Gasteiger partial charge >= 0.3 is 25.8 Å². The minimum atomic E-state index is 0. The Labute approximate surface area is 145 Å². The molecule has 0 bridgehead atoms. The first-order valence-electron chi connectivity index (χ1n) is 6.49. The number of hydrogen-bond acceptors (Lipinski definition) is 0. The maximum atomic E-state index is 3.66. The van der Waals surface area contributed by atoms with Gasteiger partial charge in [0.15, 0.2) is 0 Å². The number of hydrogen-bond donors (Lipinski definition) is 0. The molecule has 0 saturated carbocycles. The molecule has 0 radical (unpaired) electrons. The molecule has 0 heterocycles. The van der Waals surface area contributed by atoms with Crippen LogP contribution in [0.4, 0.5) is 0 Å². The summed E-state index contributed by atoms with van der Waals surface area (Å²) in [5, 5.41) is 0. The van der Waals surface area contributed by atoms with Gasteiger partial charge in [-0.15, -0.1) is 13.2 Å². The van der Waals surface area contributed by atoms with Crippen molar-refractivity contribution >= 4 is 0 Å². The van der Waals surface area contributed by atoms with E-state index >= 15 is 0 Å². The smallest absolute Gasteiger partial charge is 1.00 e. The Morgan fingerprint density at radius 2 is 0.952 bits per heavy atom. The van der Waals surface area contributed by atoms with Crippen molar-refractivity contribution in [2.45, 2.75) is 25.7 Å². The van der Waals surface area contributed by atoms with E-state index in [9.17, 15) is 0 Å². The molecule has 21 heavy (non-hydrogen) atoms. The van der Waals surface area contributed by atoms with E-state index in [0.717, 1.165) is 25.7 Å². The average molecular weight is 455 g/mol. The van der Waals surface area contributed by atoms with Crippen molar-refractivity contribution < 1.29 is 35.3 Å². The summed E-state index contributed by atoms with van der Waals surface area (Å²) in [6, 6.07) is 16.8. The van der Waals surface area contributed by atoms with Crippen LogP contribution in [0.5, 0.6) is 0 Å². The van der Waals surface area contributed by atoms with Gasteiger partial charge in [0.25, 0.3) is 0 Å². The van der Waals surface area contributed by atoms with Crippen LogP contribution < -0.4 is 9.41 Å². The number of aryl methyl sites for hydroxylation is 2. The molecule has 0 aliphatic heterocycles. The minimum absolute atomic E-state index is 0. The first kappa shape index (κ1) is 24.9. The zero-order chi connectivity index (χ0) is 13.1. The molecule has 2 rings (SSSR count). The molecule has 0 aromatic heterocycles. The normalized spacial score (nSPS) is 8.00. The zero-order valence-electron chi connectivity index (χ0n) is 12.3. The van der Waals surface area contributed by atoms with Gasteiger partial charge in [0.2, 0.25) is 0 Å². The van der Waals surface area contributed by atoms with Gasteiger partial charge in [0.05, 0.1) is 0 Å². The number of rotatable bonds is 6. The summed E-state index contributed by atoms with van der Waals surface area (Å²) in [6.07, 6.45) is 8.35. The third kappa shape index (κ3) is 12.4. The molecule has 0 aliphatic rings. The van der Waals surface area contributed by atoms with Crippen LogP contribution in [0, 0.1) is 0 Å². The molecule has 0 unspecified atom stereocenters. The topological polar surface area (TPSA) is 0 Å². The van der Waals surface area contributed by atoms with Gasteiger partial charge in [0, 0.05) is 0 Å². The molecule has 0 saturated heterocycles. The van der Waals surface area contributed by atoms with Crippen molar-refractivity contribution in [3.63, 3.8) is 0 Å². The number of halogens is 2. The quantitative estimate of drug-likeness (QED) is 0.300. The van der Waals surface area contributed by atoms with Crippen molar-refractivity contribution in [2.24, 2.45) is 0 Å². The molecule has 0 amide bonds. The van der Waals surface area contributed by atoms with E-state index in [1.807, 2.05) is 12.2 Å². The Morgan fingerprint density at radius 3 is 1.19 bits per heavy atom. The van der Waals surface area contributed by atoms with Crippen LogP contribution in [-0.4, -0.2) is 0 Å². The maximum Gasteiger partial charge on any atom is 4.00 e. The van der Waals surface area contributed by atoms with Crippen molar-refractivity contribution in [3.8, 4) is 0 Å². The molecule has 2 aromatic carbocycles. The molecule has 112 valence electrons. The summed E-state index contributed by atoms with van der Waals surface area (Å²) in [5.74, 6) is 0. The van der Waals surface area contributed by atoms with Crippen LogP contribution in [0.3, 0.4) is 0 Å². The van der Waals surface area contributed by atoms with E-state index in [-0.39, 0.29) is 35.3 Å². The van der Waals surface area contributed by atoms with Crippen LogP contribution in [0.2, 0.25) is 0 Å². The van der Waals surface area contributed by atoms with E-state index in [1.54, 1.807) is 0 Å². The van der Waals surface area contributed by atoms with Gasteiger partial charge in [-0.2, -0.15) is 35.4 Å². The second kappa shape index (κ2) is 17.0. The fourth-order valence-electron chi connectivity index (χ4n) is 1.70. The predicted molar refractivity (Wildman–Crippen MR) is 81.1 cm³/mol. The number of allylic oxidation sites excluding steroid dienone is 2. The van der Waals surface area contributed by atoms with Gasteiger partial charge in [-0.25, -0.2) is 24.3 Å². The molecule has 0 spiro atoms. The molecule has 3 heteroatoms. The average Bonchev–Trinajstić information content (AvgIpc) is 3.07. The molecule has 0 atom stereocenters. The second-order valence-corrected chi connectivity index (χ2v) is 4.24. The molecule has 0 nitrogen and oxygen atoms in total. The predicted octanol–water partition coefficient (Wildman–Crippen LogP) is -0.946. The third-order valence-corrected chi connectivity index (χ3v) is 2.74. The Kier molecular flexibility index (Phi) is 20.1. The summed E-state index contributed by atoms with van der Waals surface area (Å²) < 4.78 is 0. The van der Waals surface area contributed by atoms with Crippen molar-refractivity contribution in [3.05, 3.63) is 85.0 Å². The fraction of sp³-hybridized carbons (Fsp3) is 0.222.